The molecule has 2 aromatic rings. The van der Waals surface area contributed by atoms with Crippen LogP contribution in [0, 0.1) is 0 Å². The predicted octanol–water partition coefficient (Wildman–Crippen LogP) is 4.79. The van der Waals surface area contributed by atoms with Crippen LogP contribution in [0.15, 0.2) is 30.5 Å². The number of nitrogens with zero attached hydrogens (tertiary/aromatic N) is 2. The monoisotopic (exact) mass is 325 g/mol. The summed E-state index contributed by atoms with van der Waals surface area (Å²) < 4.78 is 2.03. The van der Waals surface area contributed by atoms with Gasteiger partial charge >= 0.3 is 0 Å². The van der Waals surface area contributed by atoms with Crippen molar-refractivity contribution in [3.63, 3.8) is 0 Å². The van der Waals surface area contributed by atoms with Gasteiger partial charge in [0.25, 0.3) is 0 Å². The maximum Gasteiger partial charge on any atom is 0.0643 e. The van der Waals surface area contributed by atoms with Crippen LogP contribution in [0.3, 0.4) is 0 Å². The van der Waals surface area contributed by atoms with Gasteiger partial charge in [0.2, 0.25) is 0 Å². The lowest BCUT2D eigenvalue weighted by molar-refractivity contribution is 0.424. The Hall–Kier alpha value is -1.03. The van der Waals surface area contributed by atoms with Crippen LogP contribution in [0.5, 0.6) is 0 Å². The van der Waals surface area contributed by atoms with E-state index in [1.165, 1.54) is 0 Å². The third-order valence-corrected chi connectivity index (χ3v) is 4.16. The molecule has 1 aromatic heterocycles. The van der Waals surface area contributed by atoms with Crippen molar-refractivity contribution >= 4 is 23.2 Å². The summed E-state index contributed by atoms with van der Waals surface area (Å²) >= 11 is 12.0. The summed E-state index contributed by atoms with van der Waals surface area (Å²) in [5, 5.41) is 5.85. The van der Waals surface area contributed by atoms with Crippen molar-refractivity contribution in [1.82, 2.24) is 9.78 Å². The first-order valence-corrected chi connectivity index (χ1v) is 8.04. The number of rotatable bonds is 6. The van der Waals surface area contributed by atoms with E-state index in [0.717, 1.165) is 24.1 Å². The molecule has 2 rings (SSSR count). The molecule has 1 aromatic carbocycles. The number of hydrogen-bond acceptors (Lipinski definition) is 2. The van der Waals surface area contributed by atoms with Gasteiger partial charge < -0.3 is 5.73 Å². The van der Waals surface area contributed by atoms with Crippen LogP contribution < -0.4 is 5.73 Å². The quantitative estimate of drug-likeness (QED) is 0.829. The lowest BCUT2D eigenvalue weighted by Crippen LogP contribution is -2.14. The topological polar surface area (TPSA) is 43.8 Å². The maximum atomic E-state index is 6.25. The summed E-state index contributed by atoms with van der Waals surface area (Å²) in [5.74, 6) is 0. The van der Waals surface area contributed by atoms with Crippen molar-refractivity contribution in [3.8, 4) is 0 Å². The molecular formula is C16H21Cl2N3. The molecule has 2 N–H and O–H groups in total. The van der Waals surface area contributed by atoms with E-state index in [-0.39, 0.29) is 6.04 Å². The smallest absolute Gasteiger partial charge is 0.0643 e. The van der Waals surface area contributed by atoms with Gasteiger partial charge in [0.15, 0.2) is 0 Å². The van der Waals surface area contributed by atoms with Crippen LogP contribution in [0.25, 0.3) is 0 Å². The molecule has 0 aliphatic carbocycles. The highest BCUT2D eigenvalue weighted by molar-refractivity contribution is 6.34. The van der Waals surface area contributed by atoms with Gasteiger partial charge in [0.1, 0.15) is 0 Å². The summed E-state index contributed by atoms with van der Waals surface area (Å²) in [6.45, 7) is 4.35. The van der Waals surface area contributed by atoms with Crippen LogP contribution >= 0.6 is 23.2 Å². The van der Waals surface area contributed by atoms with Crippen molar-refractivity contribution in [2.24, 2.45) is 5.73 Å². The number of halogens is 2. The molecule has 0 saturated carbocycles. The molecule has 5 heteroatoms. The molecule has 0 aliphatic rings. The Morgan fingerprint density at radius 3 is 2.33 bits per heavy atom. The molecule has 0 bridgehead atoms. The molecule has 1 heterocycles. The average molecular weight is 326 g/mol. The van der Waals surface area contributed by atoms with Gasteiger partial charge in [-0.25, -0.2) is 0 Å². The highest BCUT2D eigenvalue weighted by Gasteiger charge is 2.13. The van der Waals surface area contributed by atoms with Crippen molar-refractivity contribution < 1.29 is 0 Å². The van der Waals surface area contributed by atoms with Crippen LogP contribution in [0.1, 0.15) is 50.0 Å². The van der Waals surface area contributed by atoms with E-state index in [1.807, 2.05) is 29.1 Å². The Bertz CT molecular complexity index is 571. The molecule has 21 heavy (non-hydrogen) atoms. The lowest BCUT2D eigenvalue weighted by atomic mass is 10.0. The first-order chi connectivity index (χ1) is 10.0. The van der Waals surface area contributed by atoms with E-state index in [9.17, 15) is 0 Å². The highest BCUT2D eigenvalue weighted by Crippen LogP contribution is 2.24. The Labute approximate surface area is 136 Å². The second-order valence-electron chi connectivity index (χ2n) is 5.27. The highest BCUT2D eigenvalue weighted by atomic mass is 35.5. The molecular weight excluding hydrogens is 305 g/mol. The van der Waals surface area contributed by atoms with Crippen LogP contribution in [0.4, 0.5) is 0 Å². The number of aromatic nitrogens is 2. The van der Waals surface area contributed by atoms with Crippen molar-refractivity contribution in [2.45, 2.75) is 45.2 Å². The minimum Gasteiger partial charge on any atom is -0.324 e. The Kier molecular flexibility index (Phi) is 5.68. The number of nitrogens with two attached hydrogens (primary N) is 1. The van der Waals surface area contributed by atoms with Gasteiger partial charge in [-0.2, -0.15) is 5.10 Å². The molecule has 1 unspecified atom stereocenters. The fraction of sp³-hybridized carbons (Fsp3) is 0.438. The van der Waals surface area contributed by atoms with Gasteiger partial charge in [0, 0.05) is 28.7 Å². The Balaban J connectivity index is 2.10. The molecule has 0 saturated heterocycles. The van der Waals surface area contributed by atoms with E-state index in [1.54, 1.807) is 6.07 Å². The van der Waals surface area contributed by atoms with Crippen LogP contribution in [0.2, 0.25) is 10.0 Å². The summed E-state index contributed by atoms with van der Waals surface area (Å²) in [4.78, 5) is 0. The van der Waals surface area contributed by atoms with Gasteiger partial charge in [-0.3, -0.25) is 4.68 Å². The van der Waals surface area contributed by atoms with E-state index >= 15 is 0 Å². The molecule has 0 aliphatic heterocycles. The SMILES string of the molecule is CCC(CC)n1ccc(CC(N)c2cc(Cl)cc(Cl)c2)n1. The Morgan fingerprint density at radius 1 is 1.14 bits per heavy atom. The average Bonchev–Trinajstić information content (AvgIpc) is 2.87. The zero-order chi connectivity index (χ0) is 15.4. The molecule has 0 radical (unpaired) electrons. The van der Waals surface area contributed by atoms with Gasteiger partial charge in [-0.05, 0) is 42.7 Å². The minimum atomic E-state index is -0.161. The summed E-state index contributed by atoms with van der Waals surface area (Å²) in [5.41, 5.74) is 8.17. The summed E-state index contributed by atoms with van der Waals surface area (Å²) in [6.07, 6.45) is 4.86. The van der Waals surface area contributed by atoms with E-state index < -0.39 is 0 Å². The molecule has 1 atom stereocenters. The standard InChI is InChI=1S/C16H21Cl2N3/c1-3-15(4-2)21-6-5-14(20-21)10-16(19)11-7-12(17)9-13(18)8-11/h5-9,15-16H,3-4,10,19H2,1-2H3. The van der Waals surface area contributed by atoms with Crippen molar-refractivity contribution in [3.05, 3.63) is 51.8 Å². The maximum absolute atomic E-state index is 6.25. The van der Waals surface area contributed by atoms with E-state index in [0.29, 0.717) is 22.5 Å². The summed E-state index contributed by atoms with van der Waals surface area (Å²) in [6, 6.07) is 7.75. The fourth-order valence-electron chi connectivity index (χ4n) is 2.48. The number of hydrogen-bond donors (Lipinski definition) is 1. The van der Waals surface area contributed by atoms with Crippen LogP contribution in [-0.4, -0.2) is 9.78 Å². The predicted molar refractivity (Wildman–Crippen MR) is 88.9 cm³/mol. The third kappa shape index (κ3) is 4.22. The van der Waals surface area contributed by atoms with Gasteiger partial charge in [-0.15, -0.1) is 0 Å². The van der Waals surface area contributed by atoms with Crippen molar-refractivity contribution in [1.29, 1.82) is 0 Å². The van der Waals surface area contributed by atoms with E-state index in [2.05, 4.69) is 18.9 Å². The zero-order valence-electron chi connectivity index (χ0n) is 12.4. The first-order valence-electron chi connectivity index (χ1n) is 7.29. The largest absolute Gasteiger partial charge is 0.324 e. The Morgan fingerprint density at radius 2 is 1.76 bits per heavy atom. The molecule has 0 spiro atoms. The van der Waals surface area contributed by atoms with Crippen LogP contribution in [-0.2, 0) is 6.42 Å². The third-order valence-electron chi connectivity index (χ3n) is 3.72. The van der Waals surface area contributed by atoms with Crippen molar-refractivity contribution in [2.75, 3.05) is 0 Å². The first kappa shape index (κ1) is 16.3. The van der Waals surface area contributed by atoms with Gasteiger partial charge in [0.05, 0.1) is 11.7 Å². The zero-order valence-corrected chi connectivity index (χ0v) is 13.9. The molecule has 0 amide bonds. The minimum absolute atomic E-state index is 0.161. The lowest BCUT2D eigenvalue weighted by Gasteiger charge is -2.13. The van der Waals surface area contributed by atoms with Gasteiger partial charge in [-0.1, -0.05) is 37.0 Å². The molecule has 0 fully saturated rings. The second-order valence-corrected chi connectivity index (χ2v) is 6.14. The second kappa shape index (κ2) is 7.30. The molecule has 114 valence electrons. The fourth-order valence-corrected chi connectivity index (χ4v) is 3.03. The van der Waals surface area contributed by atoms with E-state index in [4.69, 9.17) is 28.9 Å². The molecule has 3 nitrogen and oxygen atoms in total. The number of benzene rings is 1. The normalized spacial score (nSPS) is 12.9. The summed E-state index contributed by atoms with van der Waals surface area (Å²) in [7, 11) is 0.